The zero-order valence-electron chi connectivity index (χ0n) is 7.36. The number of fused-ring (bicyclic) bond motifs is 3. The maximum Gasteiger partial charge on any atom is 0.0987 e. The van der Waals surface area contributed by atoms with Gasteiger partial charge in [-0.15, -0.1) is 0 Å². The Morgan fingerprint density at radius 3 is 1.86 bits per heavy atom. The lowest BCUT2D eigenvalue weighted by Crippen LogP contribution is -1.94. The van der Waals surface area contributed by atoms with Gasteiger partial charge in [-0.3, -0.25) is 15.4 Å². The molecule has 14 heavy (non-hydrogen) atoms. The first-order valence-corrected chi connectivity index (χ1v) is 4.37. The molecule has 0 saturated heterocycles. The highest BCUT2D eigenvalue weighted by Gasteiger charge is 2.24. The normalized spacial score (nSPS) is 12.4. The second-order valence-electron chi connectivity index (χ2n) is 3.17. The van der Waals surface area contributed by atoms with Crippen molar-refractivity contribution in [3.8, 4) is 11.4 Å². The Labute approximate surface area is 81.0 Å². The molecule has 2 aromatic heterocycles. The molecule has 0 saturated carbocycles. The number of nitrogens with zero attached hydrogens (tertiary/aromatic N) is 2. The number of pyridine rings is 2. The van der Waals surface area contributed by atoms with Gasteiger partial charge in [0, 0.05) is 23.5 Å². The number of hydrogen-bond donors (Lipinski definition) is 1. The van der Waals surface area contributed by atoms with Crippen LogP contribution in [0.5, 0.6) is 0 Å². The molecule has 0 unspecified atom stereocenters. The molecular formula is C11H7N3. The quantitative estimate of drug-likeness (QED) is 0.575. The fraction of sp³-hybridized carbons (Fsp3) is 0. The zero-order valence-corrected chi connectivity index (χ0v) is 7.36. The van der Waals surface area contributed by atoms with E-state index < -0.39 is 0 Å². The topological polar surface area (TPSA) is 49.6 Å². The largest absolute Gasteiger partial charge is 0.299 e. The Morgan fingerprint density at radius 2 is 1.36 bits per heavy atom. The maximum atomic E-state index is 7.93. The molecule has 2 heterocycles. The molecule has 0 radical (unpaired) electrons. The van der Waals surface area contributed by atoms with Crippen molar-refractivity contribution in [1.29, 1.82) is 5.41 Å². The predicted molar refractivity (Wildman–Crippen MR) is 53.4 cm³/mol. The number of aromatic nitrogens is 2. The van der Waals surface area contributed by atoms with Crippen LogP contribution in [0.1, 0.15) is 11.1 Å². The van der Waals surface area contributed by atoms with Crippen molar-refractivity contribution >= 4 is 5.71 Å². The van der Waals surface area contributed by atoms with E-state index in [1.54, 1.807) is 12.4 Å². The second-order valence-corrected chi connectivity index (χ2v) is 3.17. The molecule has 0 spiro atoms. The summed E-state index contributed by atoms with van der Waals surface area (Å²) >= 11 is 0. The Balaban J connectivity index is 2.42. The predicted octanol–water partition coefficient (Wildman–Crippen LogP) is 1.87. The van der Waals surface area contributed by atoms with E-state index in [0.717, 1.165) is 22.5 Å². The fourth-order valence-corrected chi connectivity index (χ4v) is 1.74. The highest BCUT2D eigenvalue weighted by molar-refractivity contribution is 6.21. The van der Waals surface area contributed by atoms with Gasteiger partial charge in [0.1, 0.15) is 0 Å². The molecule has 0 aliphatic heterocycles. The first-order valence-electron chi connectivity index (χ1n) is 4.37. The standard InChI is InChI=1S/C11H7N3/c12-9-7-3-1-5-13-10(7)11-8(9)4-2-6-14-11/h1-6,12H. The Morgan fingerprint density at radius 1 is 0.857 bits per heavy atom. The summed E-state index contributed by atoms with van der Waals surface area (Å²) in [5.74, 6) is 0. The van der Waals surface area contributed by atoms with Crippen LogP contribution in [0.3, 0.4) is 0 Å². The van der Waals surface area contributed by atoms with Crippen molar-refractivity contribution < 1.29 is 0 Å². The lowest BCUT2D eigenvalue weighted by atomic mass is 10.1. The van der Waals surface area contributed by atoms with Crippen molar-refractivity contribution in [2.24, 2.45) is 0 Å². The lowest BCUT2D eigenvalue weighted by molar-refractivity contribution is 1.26. The van der Waals surface area contributed by atoms with E-state index in [-0.39, 0.29) is 0 Å². The molecule has 3 heteroatoms. The van der Waals surface area contributed by atoms with E-state index in [4.69, 9.17) is 5.41 Å². The minimum Gasteiger partial charge on any atom is -0.299 e. The van der Waals surface area contributed by atoms with E-state index in [9.17, 15) is 0 Å². The highest BCUT2D eigenvalue weighted by Crippen LogP contribution is 2.32. The van der Waals surface area contributed by atoms with Gasteiger partial charge in [-0.2, -0.15) is 0 Å². The first kappa shape index (κ1) is 7.38. The third-order valence-corrected chi connectivity index (χ3v) is 2.38. The Hall–Kier alpha value is -2.03. The maximum absolute atomic E-state index is 7.93. The van der Waals surface area contributed by atoms with Crippen LogP contribution in [0.2, 0.25) is 0 Å². The number of hydrogen-bond acceptors (Lipinski definition) is 3. The van der Waals surface area contributed by atoms with Crippen LogP contribution >= 0.6 is 0 Å². The smallest absolute Gasteiger partial charge is 0.0987 e. The number of nitrogens with one attached hydrogen (secondary N) is 1. The van der Waals surface area contributed by atoms with E-state index in [2.05, 4.69) is 9.97 Å². The third-order valence-electron chi connectivity index (χ3n) is 2.38. The molecule has 1 aliphatic rings. The molecule has 0 bridgehead atoms. The van der Waals surface area contributed by atoms with E-state index >= 15 is 0 Å². The fourth-order valence-electron chi connectivity index (χ4n) is 1.74. The molecule has 0 aromatic carbocycles. The molecule has 2 aromatic rings. The van der Waals surface area contributed by atoms with E-state index in [1.807, 2.05) is 24.3 Å². The molecular weight excluding hydrogens is 174 g/mol. The molecule has 0 atom stereocenters. The van der Waals surface area contributed by atoms with Gasteiger partial charge >= 0.3 is 0 Å². The van der Waals surface area contributed by atoms with Gasteiger partial charge in [0.05, 0.1) is 17.1 Å². The first-order chi connectivity index (χ1) is 6.88. The third kappa shape index (κ3) is 0.785. The van der Waals surface area contributed by atoms with Crippen LogP contribution in [-0.4, -0.2) is 15.7 Å². The molecule has 66 valence electrons. The van der Waals surface area contributed by atoms with Crippen LogP contribution in [0, 0.1) is 5.41 Å². The molecule has 3 rings (SSSR count). The van der Waals surface area contributed by atoms with Crippen molar-refractivity contribution in [1.82, 2.24) is 9.97 Å². The lowest BCUT2D eigenvalue weighted by Gasteiger charge is -1.94. The molecule has 0 amide bonds. The van der Waals surface area contributed by atoms with Gasteiger partial charge < -0.3 is 0 Å². The molecule has 1 aliphatic carbocycles. The summed E-state index contributed by atoms with van der Waals surface area (Å²) in [5.41, 5.74) is 3.93. The van der Waals surface area contributed by atoms with Gasteiger partial charge in [-0.05, 0) is 24.3 Å². The second kappa shape index (κ2) is 2.48. The van der Waals surface area contributed by atoms with Crippen LogP contribution in [0.25, 0.3) is 11.4 Å². The van der Waals surface area contributed by atoms with Gasteiger partial charge in [0.25, 0.3) is 0 Å². The van der Waals surface area contributed by atoms with Crippen molar-refractivity contribution in [2.75, 3.05) is 0 Å². The summed E-state index contributed by atoms with van der Waals surface area (Å²) in [4.78, 5) is 8.50. The molecule has 3 nitrogen and oxygen atoms in total. The van der Waals surface area contributed by atoms with E-state index in [1.165, 1.54) is 0 Å². The average Bonchev–Trinajstić information content (AvgIpc) is 2.55. The van der Waals surface area contributed by atoms with Gasteiger partial charge in [0.15, 0.2) is 0 Å². The monoisotopic (exact) mass is 181 g/mol. The Kier molecular flexibility index (Phi) is 1.31. The zero-order chi connectivity index (χ0) is 9.54. The van der Waals surface area contributed by atoms with Gasteiger partial charge in [-0.1, -0.05) is 0 Å². The summed E-state index contributed by atoms with van der Waals surface area (Å²) in [6.45, 7) is 0. The minimum atomic E-state index is 0.524. The van der Waals surface area contributed by atoms with Gasteiger partial charge in [-0.25, -0.2) is 0 Å². The van der Waals surface area contributed by atoms with Crippen molar-refractivity contribution in [2.45, 2.75) is 0 Å². The van der Waals surface area contributed by atoms with E-state index in [0.29, 0.717) is 5.71 Å². The van der Waals surface area contributed by atoms with Crippen LogP contribution in [-0.2, 0) is 0 Å². The van der Waals surface area contributed by atoms with Gasteiger partial charge in [0.2, 0.25) is 0 Å². The summed E-state index contributed by atoms with van der Waals surface area (Å²) in [5, 5.41) is 7.93. The van der Waals surface area contributed by atoms with Crippen molar-refractivity contribution in [3.63, 3.8) is 0 Å². The summed E-state index contributed by atoms with van der Waals surface area (Å²) in [7, 11) is 0. The summed E-state index contributed by atoms with van der Waals surface area (Å²) in [6, 6.07) is 7.51. The van der Waals surface area contributed by atoms with Crippen LogP contribution < -0.4 is 0 Å². The highest BCUT2D eigenvalue weighted by atomic mass is 14.8. The SMILES string of the molecule is N=C1c2cccnc2-c2ncccc21. The molecule has 0 fully saturated rings. The summed E-state index contributed by atoms with van der Waals surface area (Å²) < 4.78 is 0. The van der Waals surface area contributed by atoms with Crippen LogP contribution in [0.4, 0.5) is 0 Å². The summed E-state index contributed by atoms with van der Waals surface area (Å²) in [6.07, 6.45) is 3.46. The molecule has 1 N–H and O–H groups in total. The minimum absolute atomic E-state index is 0.524. The van der Waals surface area contributed by atoms with Crippen molar-refractivity contribution in [3.05, 3.63) is 47.8 Å². The number of rotatable bonds is 0. The average molecular weight is 181 g/mol. The van der Waals surface area contributed by atoms with Crippen LogP contribution in [0.15, 0.2) is 36.7 Å². The Bertz CT molecular complexity index is 484.